The van der Waals surface area contributed by atoms with Crippen LogP contribution in [-0.2, 0) is 6.42 Å². The number of benzene rings is 2. The minimum atomic E-state index is -0.825. The molecule has 0 aliphatic rings. The third kappa shape index (κ3) is 3.27. The van der Waals surface area contributed by atoms with E-state index in [9.17, 15) is 9.50 Å². The van der Waals surface area contributed by atoms with E-state index < -0.39 is 11.9 Å². The van der Waals surface area contributed by atoms with Crippen LogP contribution in [0, 0.1) is 5.82 Å². The lowest BCUT2D eigenvalue weighted by molar-refractivity contribution is 0.173. The largest absolute Gasteiger partial charge is 0.497 e. The molecule has 0 aliphatic carbocycles. The number of hydrogen-bond acceptors (Lipinski definition) is 3. The Kier molecular flexibility index (Phi) is 4.58. The van der Waals surface area contributed by atoms with Gasteiger partial charge in [0.05, 0.1) is 20.3 Å². The molecule has 106 valence electrons. The first-order chi connectivity index (χ1) is 9.63. The predicted octanol–water partition coefficient (Wildman–Crippen LogP) is 3.12. The van der Waals surface area contributed by atoms with Crippen molar-refractivity contribution < 1.29 is 19.0 Å². The highest BCUT2D eigenvalue weighted by atomic mass is 19.1. The van der Waals surface area contributed by atoms with Gasteiger partial charge in [0, 0.05) is 12.0 Å². The number of aliphatic hydroxyl groups is 1. The van der Waals surface area contributed by atoms with Crippen LogP contribution < -0.4 is 9.47 Å². The fourth-order valence-corrected chi connectivity index (χ4v) is 2.06. The van der Waals surface area contributed by atoms with Gasteiger partial charge in [-0.2, -0.15) is 0 Å². The van der Waals surface area contributed by atoms with Gasteiger partial charge in [0.1, 0.15) is 17.3 Å². The topological polar surface area (TPSA) is 38.7 Å². The maximum absolute atomic E-state index is 13.3. The van der Waals surface area contributed by atoms with Crippen molar-refractivity contribution in [1.29, 1.82) is 0 Å². The number of aliphatic hydroxyl groups excluding tert-OH is 1. The minimum absolute atomic E-state index is 0.379. The maximum Gasteiger partial charge on any atom is 0.124 e. The second-order valence-corrected chi connectivity index (χ2v) is 4.45. The Balaban J connectivity index is 2.18. The summed E-state index contributed by atoms with van der Waals surface area (Å²) in [4.78, 5) is 0. The molecule has 1 atom stereocenters. The van der Waals surface area contributed by atoms with Gasteiger partial charge in [-0.05, 0) is 35.9 Å². The van der Waals surface area contributed by atoms with E-state index in [1.165, 1.54) is 25.3 Å². The first-order valence-electron chi connectivity index (χ1n) is 6.28. The van der Waals surface area contributed by atoms with E-state index in [2.05, 4.69) is 0 Å². The molecular weight excluding hydrogens is 259 g/mol. The maximum atomic E-state index is 13.3. The molecule has 0 heterocycles. The summed E-state index contributed by atoms with van der Waals surface area (Å²) in [5.74, 6) is 0.841. The van der Waals surface area contributed by atoms with Gasteiger partial charge in [-0.1, -0.05) is 12.1 Å². The zero-order chi connectivity index (χ0) is 14.5. The van der Waals surface area contributed by atoms with Crippen molar-refractivity contribution in [3.8, 4) is 11.5 Å². The number of methoxy groups -OCH3 is 2. The Morgan fingerprint density at radius 3 is 2.35 bits per heavy atom. The Bertz CT molecular complexity index is 566. The molecule has 0 fully saturated rings. The van der Waals surface area contributed by atoms with Crippen LogP contribution in [0.3, 0.4) is 0 Å². The molecule has 0 amide bonds. The monoisotopic (exact) mass is 276 g/mol. The van der Waals surface area contributed by atoms with Crippen molar-refractivity contribution in [2.24, 2.45) is 0 Å². The highest BCUT2D eigenvalue weighted by molar-refractivity contribution is 5.37. The minimum Gasteiger partial charge on any atom is -0.497 e. The fraction of sp³-hybridized carbons (Fsp3) is 0.250. The zero-order valence-electron chi connectivity index (χ0n) is 11.5. The fourth-order valence-electron chi connectivity index (χ4n) is 2.06. The Morgan fingerprint density at radius 2 is 1.75 bits per heavy atom. The lowest BCUT2D eigenvalue weighted by atomic mass is 10.0. The third-order valence-corrected chi connectivity index (χ3v) is 3.14. The predicted molar refractivity (Wildman–Crippen MR) is 74.6 cm³/mol. The molecule has 0 radical (unpaired) electrons. The molecule has 0 spiro atoms. The van der Waals surface area contributed by atoms with E-state index in [1.807, 2.05) is 24.3 Å². The second-order valence-electron chi connectivity index (χ2n) is 4.45. The van der Waals surface area contributed by atoms with Crippen LogP contribution >= 0.6 is 0 Å². The summed E-state index contributed by atoms with van der Waals surface area (Å²) < 4.78 is 23.5. The molecule has 3 nitrogen and oxygen atoms in total. The zero-order valence-corrected chi connectivity index (χ0v) is 11.5. The second kappa shape index (κ2) is 6.39. The quantitative estimate of drug-likeness (QED) is 0.912. The standard InChI is InChI=1S/C16H17FO3/c1-19-13-6-3-11(4-7-13)9-15(18)14-10-12(17)5-8-16(14)20-2/h3-8,10,15,18H,9H2,1-2H3. The molecule has 2 rings (SSSR count). The molecule has 0 bridgehead atoms. The molecule has 4 heteroatoms. The molecule has 0 aromatic heterocycles. The van der Waals surface area contributed by atoms with Crippen LogP contribution in [0.25, 0.3) is 0 Å². The summed E-state index contributed by atoms with van der Waals surface area (Å²) in [7, 11) is 3.10. The van der Waals surface area contributed by atoms with Crippen molar-refractivity contribution in [2.75, 3.05) is 14.2 Å². The SMILES string of the molecule is COc1ccc(CC(O)c2cc(F)ccc2OC)cc1. The number of halogens is 1. The lowest BCUT2D eigenvalue weighted by Gasteiger charge is -2.15. The molecule has 2 aromatic rings. The van der Waals surface area contributed by atoms with Crippen LogP contribution in [0.2, 0.25) is 0 Å². The van der Waals surface area contributed by atoms with Crippen LogP contribution in [-0.4, -0.2) is 19.3 Å². The van der Waals surface area contributed by atoms with Crippen molar-refractivity contribution >= 4 is 0 Å². The lowest BCUT2D eigenvalue weighted by Crippen LogP contribution is -2.04. The van der Waals surface area contributed by atoms with E-state index in [0.717, 1.165) is 11.3 Å². The highest BCUT2D eigenvalue weighted by Gasteiger charge is 2.15. The van der Waals surface area contributed by atoms with Crippen LogP contribution in [0.4, 0.5) is 4.39 Å². The summed E-state index contributed by atoms with van der Waals surface area (Å²) in [6, 6.07) is 11.5. The average Bonchev–Trinajstić information content (AvgIpc) is 2.48. The number of ether oxygens (including phenoxy) is 2. The van der Waals surface area contributed by atoms with E-state index in [-0.39, 0.29) is 0 Å². The Hall–Kier alpha value is -2.07. The Morgan fingerprint density at radius 1 is 1.05 bits per heavy atom. The van der Waals surface area contributed by atoms with Gasteiger partial charge in [-0.3, -0.25) is 0 Å². The van der Waals surface area contributed by atoms with Crippen molar-refractivity contribution in [2.45, 2.75) is 12.5 Å². The van der Waals surface area contributed by atoms with Crippen LogP contribution in [0.1, 0.15) is 17.2 Å². The molecule has 0 saturated carbocycles. The van der Waals surface area contributed by atoms with E-state index in [4.69, 9.17) is 9.47 Å². The van der Waals surface area contributed by atoms with Gasteiger partial charge in [0.25, 0.3) is 0 Å². The van der Waals surface area contributed by atoms with Crippen LogP contribution in [0.15, 0.2) is 42.5 Å². The van der Waals surface area contributed by atoms with Gasteiger partial charge in [-0.15, -0.1) is 0 Å². The molecule has 2 aromatic carbocycles. The summed E-state index contributed by atoms with van der Waals surface area (Å²) >= 11 is 0. The van der Waals surface area contributed by atoms with Gasteiger partial charge in [-0.25, -0.2) is 4.39 Å². The molecule has 1 N–H and O–H groups in total. The molecular formula is C16H17FO3. The van der Waals surface area contributed by atoms with Crippen molar-refractivity contribution in [3.63, 3.8) is 0 Å². The summed E-state index contributed by atoms with van der Waals surface area (Å²) in [6.07, 6.45) is -0.446. The molecule has 20 heavy (non-hydrogen) atoms. The average molecular weight is 276 g/mol. The van der Waals surface area contributed by atoms with Crippen molar-refractivity contribution in [3.05, 3.63) is 59.4 Å². The van der Waals surface area contributed by atoms with Crippen molar-refractivity contribution in [1.82, 2.24) is 0 Å². The first kappa shape index (κ1) is 14.3. The van der Waals surface area contributed by atoms with E-state index in [1.54, 1.807) is 7.11 Å². The summed E-state index contributed by atoms with van der Waals surface area (Å²) in [6.45, 7) is 0. The smallest absolute Gasteiger partial charge is 0.124 e. The van der Waals surface area contributed by atoms with Gasteiger partial charge < -0.3 is 14.6 Å². The van der Waals surface area contributed by atoms with E-state index >= 15 is 0 Å². The molecule has 1 unspecified atom stereocenters. The normalized spacial score (nSPS) is 12.0. The molecule has 0 aliphatic heterocycles. The first-order valence-corrected chi connectivity index (χ1v) is 6.28. The highest BCUT2D eigenvalue weighted by Crippen LogP contribution is 2.28. The summed E-state index contributed by atoms with van der Waals surface area (Å²) in [5, 5.41) is 10.3. The van der Waals surface area contributed by atoms with E-state index in [0.29, 0.717) is 17.7 Å². The number of rotatable bonds is 5. The van der Waals surface area contributed by atoms with Gasteiger partial charge >= 0.3 is 0 Å². The summed E-state index contributed by atoms with van der Waals surface area (Å²) in [5.41, 5.74) is 1.38. The van der Waals surface area contributed by atoms with Gasteiger partial charge in [0.2, 0.25) is 0 Å². The van der Waals surface area contributed by atoms with Crippen LogP contribution in [0.5, 0.6) is 11.5 Å². The number of hydrogen-bond donors (Lipinski definition) is 1. The Labute approximate surface area is 117 Å². The van der Waals surface area contributed by atoms with Gasteiger partial charge in [0.15, 0.2) is 0 Å². The molecule has 0 saturated heterocycles. The third-order valence-electron chi connectivity index (χ3n) is 3.14.